The summed E-state index contributed by atoms with van der Waals surface area (Å²) in [5.74, 6) is 0.681. The van der Waals surface area contributed by atoms with E-state index in [-0.39, 0.29) is 0 Å². The number of rotatable bonds is 6. The number of benzene rings is 9. The average Bonchev–Trinajstić information content (AvgIpc) is 3.66. The van der Waals surface area contributed by atoms with Gasteiger partial charge in [-0.15, -0.1) is 0 Å². The molecule has 0 bridgehead atoms. The molecule has 1 aliphatic carbocycles. The third-order valence-corrected chi connectivity index (χ3v) is 12.1. The van der Waals surface area contributed by atoms with Gasteiger partial charge in [0.25, 0.3) is 0 Å². The Hall–Kier alpha value is -8.01. The van der Waals surface area contributed by atoms with Crippen LogP contribution in [0.4, 0.5) is 0 Å². The maximum Gasteiger partial charge on any atom is 0.160 e. The maximum absolute atomic E-state index is 5.26. The highest BCUT2D eigenvalue weighted by atomic mass is 14.9. The van der Waals surface area contributed by atoms with Crippen LogP contribution in [0.3, 0.4) is 0 Å². The Labute approximate surface area is 348 Å². The largest absolute Gasteiger partial charge is 0.264 e. The lowest BCUT2D eigenvalue weighted by Gasteiger charge is -2.13. The van der Waals surface area contributed by atoms with Gasteiger partial charge in [0, 0.05) is 34.6 Å². The summed E-state index contributed by atoms with van der Waals surface area (Å²) in [6.45, 7) is 0. The fraction of sp³-hybridized carbons (Fsp3) is 0. The van der Waals surface area contributed by atoms with Gasteiger partial charge in [0.15, 0.2) is 5.82 Å². The number of aromatic nitrogens is 3. The van der Waals surface area contributed by atoms with Crippen molar-refractivity contribution in [1.29, 1.82) is 0 Å². The average molecular weight is 762 g/mol. The number of pyridine rings is 1. The molecule has 9 aromatic carbocycles. The highest BCUT2D eigenvalue weighted by Gasteiger charge is 2.22. The molecule has 12 rings (SSSR count). The van der Waals surface area contributed by atoms with Gasteiger partial charge in [0.05, 0.1) is 11.4 Å². The highest BCUT2D eigenvalue weighted by Crippen LogP contribution is 2.49. The summed E-state index contributed by atoms with van der Waals surface area (Å²) in [5, 5.41) is 7.60. The van der Waals surface area contributed by atoms with Crippen molar-refractivity contribution in [3.8, 4) is 89.5 Å². The molecule has 278 valence electrons. The molecule has 3 nitrogen and oxygen atoms in total. The minimum absolute atomic E-state index is 0.681. The molecule has 0 saturated carbocycles. The van der Waals surface area contributed by atoms with Gasteiger partial charge >= 0.3 is 0 Å². The fourth-order valence-electron chi connectivity index (χ4n) is 9.24. The third kappa shape index (κ3) is 5.63. The van der Waals surface area contributed by atoms with Gasteiger partial charge in [0.2, 0.25) is 0 Å². The van der Waals surface area contributed by atoms with E-state index in [9.17, 15) is 0 Å². The van der Waals surface area contributed by atoms with Crippen LogP contribution in [-0.4, -0.2) is 15.0 Å². The molecule has 0 unspecified atom stereocenters. The van der Waals surface area contributed by atoms with Gasteiger partial charge in [-0.1, -0.05) is 176 Å². The van der Waals surface area contributed by atoms with Gasteiger partial charge in [0.1, 0.15) is 0 Å². The van der Waals surface area contributed by atoms with Gasteiger partial charge in [-0.25, -0.2) is 9.97 Å². The Bertz CT molecular complexity index is 3430. The molecular weight excluding hydrogens is 727 g/mol. The van der Waals surface area contributed by atoms with E-state index in [0.29, 0.717) is 5.82 Å². The van der Waals surface area contributed by atoms with Crippen LogP contribution in [0.25, 0.3) is 122 Å². The molecule has 11 aromatic rings. The first-order chi connectivity index (χ1) is 29.7. The minimum atomic E-state index is 0.681. The van der Waals surface area contributed by atoms with E-state index in [1.54, 1.807) is 6.20 Å². The van der Waals surface area contributed by atoms with Crippen LogP contribution in [0, 0.1) is 0 Å². The molecule has 1 aliphatic rings. The summed E-state index contributed by atoms with van der Waals surface area (Å²) in [6, 6.07) is 71.9. The first-order valence-corrected chi connectivity index (χ1v) is 20.4. The first kappa shape index (κ1) is 34.1. The number of fused-ring (bicyclic) bond motifs is 6. The SMILES string of the molecule is c1cncc(-c2cccc(-c3cc(-c4ccc(-c5ccc6c7c(cccc57)-c5ccccc5-6)cc4)nc(-c4ccc(-c5cc6ccccc6c6ccccc56)cc4)n3)c2)c1. The van der Waals surface area contributed by atoms with Crippen molar-refractivity contribution in [1.82, 2.24) is 15.0 Å². The molecule has 60 heavy (non-hydrogen) atoms. The molecule has 0 amide bonds. The van der Waals surface area contributed by atoms with Crippen molar-refractivity contribution in [3.63, 3.8) is 0 Å². The van der Waals surface area contributed by atoms with Crippen LogP contribution >= 0.6 is 0 Å². The van der Waals surface area contributed by atoms with Crippen LogP contribution < -0.4 is 0 Å². The lowest BCUT2D eigenvalue weighted by molar-refractivity contribution is 1.18. The molecule has 2 heterocycles. The van der Waals surface area contributed by atoms with E-state index in [4.69, 9.17) is 9.97 Å². The van der Waals surface area contributed by atoms with Crippen molar-refractivity contribution in [2.24, 2.45) is 0 Å². The van der Waals surface area contributed by atoms with Crippen LogP contribution in [0.15, 0.2) is 213 Å². The number of nitrogens with zero attached hydrogens (tertiary/aromatic N) is 3. The van der Waals surface area contributed by atoms with Crippen molar-refractivity contribution >= 4 is 32.3 Å². The standard InChI is InChI=1S/C57H35N3/c1-2-14-44-41(10-1)33-53(49-18-6-3-15-46(44)49)37-23-27-39(28-24-37)57-59-54(34-55(60-57)42-12-7-11-40(32-42)43-13-9-31-58-35-43)38-25-21-36(22-26-38)45-29-30-52-48-17-5-4-16-47(48)51-20-8-19-50(45)56(51)52/h1-35H. The molecule has 0 fully saturated rings. The molecule has 0 saturated heterocycles. The Morgan fingerprint density at radius 3 is 1.63 bits per heavy atom. The second kappa shape index (κ2) is 13.8. The van der Waals surface area contributed by atoms with Crippen LogP contribution in [0.5, 0.6) is 0 Å². The summed E-state index contributed by atoms with van der Waals surface area (Å²) in [4.78, 5) is 14.9. The zero-order chi connectivity index (χ0) is 39.6. The smallest absolute Gasteiger partial charge is 0.160 e. The molecular formula is C57H35N3. The lowest BCUT2D eigenvalue weighted by atomic mass is 9.93. The molecule has 3 heteroatoms. The minimum Gasteiger partial charge on any atom is -0.264 e. The second-order valence-corrected chi connectivity index (χ2v) is 15.6. The predicted octanol–water partition coefficient (Wildman–Crippen LogP) is 15.0. The Balaban J connectivity index is 0.958. The lowest BCUT2D eigenvalue weighted by Crippen LogP contribution is -1.96. The van der Waals surface area contributed by atoms with Crippen molar-refractivity contribution in [2.45, 2.75) is 0 Å². The van der Waals surface area contributed by atoms with E-state index < -0.39 is 0 Å². The highest BCUT2D eigenvalue weighted by molar-refractivity contribution is 6.19. The Kier molecular flexibility index (Phi) is 7.85. The van der Waals surface area contributed by atoms with Gasteiger partial charge in [-0.2, -0.15) is 0 Å². The van der Waals surface area contributed by atoms with Crippen molar-refractivity contribution in [2.75, 3.05) is 0 Å². The maximum atomic E-state index is 5.26. The first-order valence-electron chi connectivity index (χ1n) is 20.4. The van der Waals surface area contributed by atoms with E-state index in [0.717, 1.165) is 44.8 Å². The molecule has 2 aromatic heterocycles. The molecule has 0 atom stereocenters. The molecule has 0 aliphatic heterocycles. The van der Waals surface area contributed by atoms with E-state index in [1.165, 1.54) is 71.3 Å². The number of hydrogen-bond donors (Lipinski definition) is 0. The monoisotopic (exact) mass is 761 g/mol. The Morgan fingerprint density at radius 1 is 0.283 bits per heavy atom. The van der Waals surface area contributed by atoms with Crippen LogP contribution in [-0.2, 0) is 0 Å². The summed E-state index contributed by atoms with van der Waals surface area (Å²) in [7, 11) is 0. The van der Waals surface area contributed by atoms with Crippen molar-refractivity contribution < 1.29 is 0 Å². The van der Waals surface area contributed by atoms with E-state index in [2.05, 4.69) is 199 Å². The molecule has 0 radical (unpaired) electrons. The summed E-state index contributed by atoms with van der Waals surface area (Å²) >= 11 is 0. The van der Waals surface area contributed by atoms with Crippen LogP contribution in [0.2, 0.25) is 0 Å². The zero-order valence-electron chi connectivity index (χ0n) is 32.5. The van der Waals surface area contributed by atoms with Gasteiger partial charge in [-0.3, -0.25) is 4.98 Å². The van der Waals surface area contributed by atoms with E-state index >= 15 is 0 Å². The third-order valence-electron chi connectivity index (χ3n) is 12.1. The zero-order valence-corrected chi connectivity index (χ0v) is 32.5. The van der Waals surface area contributed by atoms with Crippen molar-refractivity contribution in [3.05, 3.63) is 213 Å². The second-order valence-electron chi connectivity index (χ2n) is 15.6. The normalized spacial score (nSPS) is 11.7. The predicted molar refractivity (Wildman–Crippen MR) is 249 cm³/mol. The van der Waals surface area contributed by atoms with Crippen LogP contribution in [0.1, 0.15) is 0 Å². The quantitative estimate of drug-likeness (QED) is 0.158. The van der Waals surface area contributed by atoms with Gasteiger partial charge in [-0.05, 0) is 107 Å². The fourth-order valence-corrected chi connectivity index (χ4v) is 9.24. The Morgan fingerprint density at radius 2 is 0.850 bits per heavy atom. The van der Waals surface area contributed by atoms with E-state index in [1.807, 2.05) is 12.3 Å². The summed E-state index contributed by atoms with van der Waals surface area (Å²) in [6.07, 6.45) is 3.71. The molecule has 0 spiro atoms. The number of hydrogen-bond acceptors (Lipinski definition) is 3. The van der Waals surface area contributed by atoms with Gasteiger partial charge < -0.3 is 0 Å². The summed E-state index contributed by atoms with van der Waals surface area (Å²) < 4.78 is 0. The topological polar surface area (TPSA) is 38.7 Å². The molecule has 0 N–H and O–H groups in total. The summed E-state index contributed by atoms with van der Waals surface area (Å²) in [5.41, 5.74) is 16.9.